The van der Waals surface area contributed by atoms with Crippen molar-refractivity contribution < 1.29 is 13.6 Å². The van der Waals surface area contributed by atoms with Crippen molar-refractivity contribution in [1.82, 2.24) is 19.5 Å². The fraction of sp³-hybridized carbons (Fsp3) is 0.129. The molecular formula is C31H24F2N4O2. The summed E-state index contributed by atoms with van der Waals surface area (Å²) in [5.41, 5.74) is 2.61. The third kappa shape index (κ3) is 6.35. The van der Waals surface area contributed by atoms with Gasteiger partial charge in [-0.1, -0.05) is 54.6 Å². The van der Waals surface area contributed by atoms with Gasteiger partial charge in [0.25, 0.3) is 5.56 Å². The van der Waals surface area contributed by atoms with Crippen LogP contribution in [-0.2, 0) is 13.0 Å². The Morgan fingerprint density at radius 2 is 1.77 bits per heavy atom. The van der Waals surface area contributed by atoms with E-state index in [4.69, 9.17) is 0 Å². The summed E-state index contributed by atoms with van der Waals surface area (Å²) in [6.07, 6.45) is 9.54. The highest BCUT2D eigenvalue weighted by atomic mass is 19.2. The molecule has 0 aliphatic heterocycles. The van der Waals surface area contributed by atoms with Gasteiger partial charge in [0.05, 0.1) is 12.1 Å². The van der Waals surface area contributed by atoms with Gasteiger partial charge >= 0.3 is 0 Å². The molecule has 3 aromatic carbocycles. The van der Waals surface area contributed by atoms with Crippen LogP contribution in [0.2, 0.25) is 0 Å². The number of hydrogen-bond acceptors (Lipinski definition) is 5. The Labute approximate surface area is 223 Å². The molecule has 5 aromatic rings. The van der Waals surface area contributed by atoms with Gasteiger partial charge in [-0.05, 0) is 47.4 Å². The monoisotopic (exact) mass is 522 g/mol. The van der Waals surface area contributed by atoms with Crippen molar-refractivity contribution in [2.75, 3.05) is 0 Å². The predicted octanol–water partition coefficient (Wildman–Crippen LogP) is 5.78. The second-order valence-electron chi connectivity index (χ2n) is 9.09. The highest BCUT2D eigenvalue weighted by Crippen LogP contribution is 2.17. The van der Waals surface area contributed by atoms with Crippen molar-refractivity contribution in [3.05, 3.63) is 142 Å². The van der Waals surface area contributed by atoms with Gasteiger partial charge in [0.1, 0.15) is 5.82 Å². The molecule has 0 radical (unpaired) electrons. The van der Waals surface area contributed by atoms with Crippen LogP contribution in [0.4, 0.5) is 8.78 Å². The summed E-state index contributed by atoms with van der Waals surface area (Å²) in [5, 5.41) is 0.917. The number of rotatable bonds is 9. The van der Waals surface area contributed by atoms with Crippen LogP contribution in [0.1, 0.15) is 45.8 Å². The number of aromatic nitrogens is 4. The van der Waals surface area contributed by atoms with Crippen LogP contribution in [0.5, 0.6) is 0 Å². The molecule has 6 nitrogen and oxygen atoms in total. The van der Waals surface area contributed by atoms with E-state index >= 15 is 0 Å². The minimum Gasteiger partial charge on any atom is -0.308 e. The second-order valence-corrected chi connectivity index (χ2v) is 9.09. The molecule has 2 heterocycles. The summed E-state index contributed by atoms with van der Waals surface area (Å²) >= 11 is 0. The maximum Gasteiger partial charge on any atom is 0.280 e. The van der Waals surface area contributed by atoms with E-state index in [2.05, 4.69) is 15.0 Å². The Balaban J connectivity index is 1.20. The molecular weight excluding hydrogens is 498 g/mol. The Kier molecular flexibility index (Phi) is 7.73. The normalized spacial score (nSPS) is 11.3. The Bertz CT molecular complexity index is 1730. The van der Waals surface area contributed by atoms with E-state index in [9.17, 15) is 18.4 Å². The minimum atomic E-state index is -0.996. The number of hydrogen-bond donors (Lipinski definition) is 0. The fourth-order valence-electron chi connectivity index (χ4n) is 4.21. The minimum absolute atomic E-state index is 0.00182. The topological polar surface area (TPSA) is 77.7 Å². The molecule has 0 saturated carbocycles. The largest absolute Gasteiger partial charge is 0.308 e. The zero-order valence-electron chi connectivity index (χ0n) is 20.9. The zero-order chi connectivity index (χ0) is 27.2. The van der Waals surface area contributed by atoms with Crippen LogP contribution >= 0.6 is 0 Å². The number of fused-ring (bicyclic) bond motifs is 1. The van der Waals surface area contributed by atoms with Crippen LogP contribution in [0.25, 0.3) is 17.0 Å². The number of carbonyl (C=O) groups excluding carboxylic acids is 1. The van der Waals surface area contributed by atoms with E-state index < -0.39 is 17.2 Å². The third-order valence-corrected chi connectivity index (χ3v) is 6.22. The van der Waals surface area contributed by atoms with E-state index in [1.165, 1.54) is 23.0 Å². The van der Waals surface area contributed by atoms with E-state index in [-0.39, 0.29) is 24.4 Å². The quantitative estimate of drug-likeness (QED) is 0.229. The maximum absolute atomic E-state index is 13.5. The average molecular weight is 523 g/mol. The molecule has 0 unspecified atom stereocenters. The lowest BCUT2D eigenvalue weighted by molar-refractivity contribution is 0.0976. The summed E-state index contributed by atoms with van der Waals surface area (Å²) in [4.78, 5) is 38.6. The van der Waals surface area contributed by atoms with Gasteiger partial charge in [0.2, 0.25) is 0 Å². The highest BCUT2D eigenvalue weighted by molar-refractivity contribution is 5.94. The van der Waals surface area contributed by atoms with Crippen LogP contribution in [0.3, 0.4) is 0 Å². The number of carbonyl (C=O) groups is 1. The van der Waals surface area contributed by atoms with Gasteiger partial charge < -0.3 is 4.57 Å². The van der Waals surface area contributed by atoms with Gasteiger partial charge in [-0.2, -0.15) is 0 Å². The Hall–Kier alpha value is -4.85. The van der Waals surface area contributed by atoms with Crippen LogP contribution in [0.15, 0.2) is 96.2 Å². The lowest BCUT2D eigenvalue weighted by atomic mass is 10.1. The first-order chi connectivity index (χ1) is 19.0. The number of ketones is 1. The molecule has 0 amide bonds. The Morgan fingerprint density at radius 3 is 2.59 bits per heavy atom. The summed E-state index contributed by atoms with van der Waals surface area (Å²) in [6, 6.07) is 19.4. The van der Waals surface area contributed by atoms with Gasteiger partial charge in [0, 0.05) is 36.8 Å². The summed E-state index contributed by atoms with van der Waals surface area (Å²) in [5.74, 6) is -1.59. The molecule has 0 spiro atoms. The number of allylic oxidation sites excluding steroid dienone is 1. The lowest BCUT2D eigenvalue weighted by Crippen LogP contribution is -2.27. The van der Waals surface area contributed by atoms with Gasteiger partial charge in [-0.15, -0.1) is 0 Å². The molecule has 2 aromatic heterocycles. The standard InChI is InChI=1S/C31H24F2N4O2/c32-25-12-10-23(17-26(25)33)20-37-15-14-34-30(31(37)39)28(38)9-5-4-8-22-11-13-27-24(16-22)19-35-29(36-27)18-21-6-2-1-3-7-21/h1-4,6-8,10-17,19H,5,9,18,20H2/b8-4+. The molecule has 0 atom stereocenters. The first-order valence-electron chi connectivity index (χ1n) is 12.4. The first kappa shape index (κ1) is 25.8. The van der Waals surface area contributed by atoms with Gasteiger partial charge in [0.15, 0.2) is 23.1 Å². The summed E-state index contributed by atoms with van der Waals surface area (Å²) < 4.78 is 27.9. The number of benzene rings is 3. The molecule has 0 aliphatic carbocycles. The third-order valence-electron chi connectivity index (χ3n) is 6.22. The molecule has 5 rings (SSSR count). The Morgan fingerprint density at radius 1 is 0.923 bits per heavy atom. The van der Waals surface area contributed by atoms with E-state index in [1.807, 2.05) is 66.9 Å². The van der Waals surface area contributed by atoms with Gasteiger partial charge in [-0.3, -0.25) is 9.59 Å². The predicted molar refractivity (Wildman–Crippen MR) is 145 cm³/mol. The van der Waals surface area contributed by atoms with E-state index in [0.29, 0.717) is 18.4 Å². The van der Waals surface area contributed by atoms with Crippen molar-refractivity contribution in [3.63, 3.8) is 0 Å². The highest BCUT2D eigenvalue weighted by Gasteiger charge is 2.14. The zero-order valence-corrected chi connectivity index (χ0v) is 20.9. The molecule has 0 bridgehead atoms. The average Bonchev–Trinajstić information content (AvgIpc) is 2.94. The van der Waals surface area contributed by atoms with Crippen LogP contribution in [-0.4, -0.2) is 25.3 Å². The SMILES string of the molecule is O=C(CC/C=C/c1ccc2nc(Cc3ccccc3)ncc2c1)c1nccn(Cc2ccc(F)c(F)c2)c1=O. The van der Waals surface area contributed by atoms with Crippen LogP contribution in [0, 0.1) is 11.6 Å². The van der Waals surface area contributed by atoms with Crippen molar-refractivity contribution in [1.29, 1.82) is 0 Å². The number of Topliss-reactive ketones (excluding diaryl/α,β-unsaturated/α-hetero) is 1. The molecule has 8 heteroatoms. The molecule has 0 fully saturated rings. The van der Waals surface area contributed by atoms with Crippen molar-refractivity contribution in [3.8, 4) is 0 Å². The number of halogens is 2. The maximum atomic E-state index is 13.5. The molecule has 0 saturated heterocycles. The first-order valence-corrected chi connectivity index (χ1v) is 12.4. The van der Waals surface area contributed by atoms with Crippen LogP contribution < -0.4 is 5.56 Å². The van der Waals surface area contributed by atoms with E-state index in [1.54, 1.807) is 0 Å². The lowest BCUT2D eigenvalue weighted by Gasteiger charge is -2.07. The molecule has 0 aliphatic rings. The molecule has 0 N–H and O–H groups in total. The summed E-state index contributed by atoms with van der Waals surface area (Å²) in [7, 11) is 0. The van der Waals surface area contributed by atoms with Crippen molar-refractivity contribution in [2.24, 2.45) is 0 Å². The fourth-order valence-corrected chi connectivity index (χ4v) is 4.21. The summed E-state index contributed by atoms with van der Waals surface area (Å²) in [6.45, 7) is -0.00182. The smallest absolute Gasteiger partial charge is 0.280 e. The molecule has 194 valence electrons. The van der Waals surface area contributed by atoms with Crippen molar-refractivity contribution >= 4 is 22.8 Å². The second kappa shape index (κ2) is 11.7. The van der Waals surface area contributed by atoms with E-state index in [0.717, 1.165) is 40.0 Å². The molecule has 39 heavy (non-hydrogen) atoms. The van der Waals surface area contributed by atoms with Gasteiger partial charge in [-0.25, -0.2) is 23.7 Å². The van der Waals surface area contributed by atoms with Crippen molar-refractivity contribution in [2.45, 2.75) is 25.8 Å². The number of nitrogens with zero attached hydrogens (tertiary/aromatic N) is 4.